The summed E-state index contributed by atoms with van der Waals surface area (Å²) in [6.07, 6.45) is 3.27. The van der Waals surface area contributed by atoms with Gasteiger partial charge in [0.2, 0.25) is 0 Å². The standard InChI is InChI=1S/C17H23N3O2/c1-13(2)16(12-21)20(10-14-7-5-4-6-8-14)17(22)15-9-18-19(3)11-15/h4-9,11,13,16,21H,10,12H2,1-3H3/t16-/m1/s1. The number of aliphatic hydroxyl groups excluding tert-OH is 1. The van der Waals surface area contributed by atoms with Crippen LogP contribution in [0.25, 0.3) is 0 Å². The number of hydrogen-bond acceptors (Lipinski definition) is 3. The van der Waals surface area contributed by atoms with E-state index in [1.807, 2.05) is 44.2 Å². The third kappa shape index (κ3) is 3.74. The highest BCUT2D eigenvalue weighted by Crippen LogP contribution is 2.18. The van der Waals surface area contributed by atoms with Gasteiger partial charge >= 0.3 is 0 Å². The molecule has 5 heteroatoms. The van der Waals surface area contributed by atoms with Crippen molar-refractivity contribution in [1.82, 2.24) is 14.7 Å². The van der Waals surface area contributed by atoms with Crippen LogP contribution < -0.4 is 0 Å². The molecule has 0 aliphatic rings. The third-order valence-corrected chi connectivity index (χ3v) is 3.77. The van der Waals surface area contributed by atoms with Crippen molar-refractivity contribution in [2.45, 2.75) is 26.4 Å². The predicted molar refractivity (Wildman–Crippen MR) is 85.2 cm³/mol. The number of carbonyl (C=O) groups is 1. The van der Waals surface area contributed by atoms with Crippen LogP contribution in [0.1, 0.15) is 29.8 Å². The molecule has 1 amide bonds. The summed E-state index contributed by atoms with van der Waals surface area (Å²) < 4.78 is 1.61. The molecular formula is C17H23N3O2. The van der Waals surface area contributed by atoms with E-state index in [1.165, 1.54) is 0 Å². The second kappa shape index (κ2) is 7.22. The van der Waals surface area contributed by atoms with E-state index in [2.05, 4.69) is 5.10 Å². The van der Waals surface area contributed by atoms with E-state index in [-0.39, 0.29) is 24.5 Å². The number of aliphatic hydroxyl groups is 1. The minimum absolute atomic E-state index is 0.0590. The molecule has 0 radical (unpaired) electrons. The maximum atomic E-state index is 12.8. The molecule has 2 rings (SSSR count). The third-order valence-electron chi connectivity index (χ3n) is 3.77. The lowest BCUT2D eigenvalue weighted by Gasteiger charge is -2.33. The Morgan fingerprint density at radius 1 is 1.32 bits per heavy atom. The van der Waals surface area contributed by atoms with Crippen LogP contribution in [0.3, 0.4) is 0 Å². The maximum Gasteiger partial charge on any atom is 0.257 e. The molecule has 1 atom stereocenters. The van der Waals surface area contributed by atoms with Crippen molar-refractivity contribution >= 4 is 5.91 Å². The number of nitrogens with zero attached hydrogens (tertiary/aromatic N) is 3. The molecule has 118 valence electrons. The molecule has 0 aliphatic carbocycles. The number of aryl methyl sites for hydroxylation is 1. The molecule has 22 heavy (non-hydrogen) atoms. The van der Waals surface area contributed by atoms with Gasteiger partial charge in [-0.25, -0.2) is 0 Å². The first-order valence-corrected chi connectivity index (χ1v) is 7.47. The molecule has 0 fully saturated rings. The van der Waals surface area contributed by atoms with E-state index in [4.69, 9.17) is 0 Å². The Morgan fingerprint density at radius 3 is 2.50 bits per heavy atom. The SMILES string of the molecule is CC(C)[C@@H](CO)N(Cc1ccccc1)C(=O)c1cnn(C)c1. The van der Waals surface area contributed by atoms with Crippen LogP contribution in [-0.4, -0.2) is 38.3 Å². The van der Waals surface area contributed by atoms with E-state index >= 15 is 0 Å². The molecule has 1 aromatic heterocycles. The summed E-state index contributed by atoms with van der Waals surface area (Å²) in [7, 11) is 1.78. The van der Waals surface area contributed by atoms with E-state index in [1.54, 1.807) is 29.0 Å². The van der Waals surface area contributed by atoms with Crippen LogP contribution >= 0.6 is 0 Å². The molecule has 0 saturated carbocycles. The lowest BCUT2D eigenvalue weighted by Crippen LogP contribution is -2.45. The molecule has 1 aromatic carbocycles. The zero-order valence-electron chi connectivity index (χ0n) is 13.3. The number of carbonyl (C=O) groups excluding carboxylic acids is 1. The molecule has 0 aliphatic heterocycles. The Labute approximate surface area is 131 Å². The van der Waals surface area contributed by atoms with Gasteiger partial charge in [-0.15, -0.1) is 0 Å². The van der Waals surface area contributed by atoms with Gasteiger partial charge in [0.1, 0.15) is 0 Å². The van der Waals surface area contributed by atoms with Gasteiger partial charge in [-0.1, -0.05) is 44.2 Å². The Bertz CT molecular complexity index is 607. The van der Waals surface area contributed by atoms with Crippen LogP contribution in [0.4, 0.5) is 0 Å². The quantitative estimate of drug-likeness (QED) is 0.888. The van der Waals surface area contributed by atoms with Crippen molar-refractivity contribution in [2.75, 3.05) is 6.61 Å². The Balaban J connectivity index is 2.30. The summed E-state index contributed by atoms with van der Waals surface area (Å²) in [6.45, 7) is 4.43. The Kier molecular flexibility index (Phi) is 5.33. The molecule has 1 N–H and O–H groups in total. The number of rotatable bonds is 6. The van der Waals surface area contributed by atoms with Gasteiger partial charge in [-0.2, -0.15) is 5.10 Å². The van der Waals surface area contributed by atoms with Crippen molar-refractivity contribution in [3.05, 3.63) is 53.9 Å². The number of aromatic nitrogens is 2. The van der Waals surface area contributed by atoms with Gasteiger partial charge < -0.3 is 10.0 Å². The minimum atomic E-state index is -0.229. The van der Waals surface area contributed by atoms with Gasteiger partial charge in [0.05, 0.1) is 24.4 Å². The topological polar surface area (TPSA) is 58.4 Å². The summed E-state index contributed by atoms with van der Waals surface area (Å²) in [5.74, 6) is 0.0547. The molecular weight excluding hydrogens is 278 g/mol. The van der Waals surface area contributed by atoms with Gasteiger partial charge in [-0.05, 0) is 11.5 Å². The first kappa shape index (κ1) is 16.2. The van der Waals surface area contributed by atoms with Crippen molar-refractivity contribution < 1.29 is 9.90 Å². The maximum absolute atomic E-state index is 12.8. The average molecular weight is 301 g/mol. The summed E-state index contributed by atoms with van der Waals surface area (Å²) in [6, 6.07) is 9.59. The van der Waals surface area contributed by atoms with E-state index in [9.17, 15) is 9.90 Å². The summed E-state index contributed by atoms with van der Waals surface area (Å²) >= 11 is 0. The van der Waals surface area contributed by atoms with Crippen molar-refractivity contribution in [3.8, 4) is 0 Å². The zero-order valence-corrected chi connectivity index (χ0v) is 13.3. The van der Waals surface area contributed by atoms with E-state index in [0.717, 1.165) is 5.56 Å². The first-order chi connectivity index (χ1) is 10.5. The molecule has 0 bridgehead atoms. The molecule has 0 unspecified atom stereocenters. The highest BCUT2D eigenvalue weighted by molar-refractivity contribution is 5.94. The monoisotopic (exact) mass is 301 g/mol. The zero-order chi connectivity index (χ0) is 16.1. The highest BCUT2D eigenvalue weighted by Gasteiger charge is 2.27. The fraction of sp³-hybridized carbons (Fsp3) is 0.412. The van der Waals surface area contributed by atoms with Crippen LogP contribution in [-0.2, 0) is 13.6 Å². The fourth-order valence-corrected chi connectivity index (χ4v) is 2.49. The molecule has 0 spiro atoms. The molecule has 2 aromatic rings. The summed E-state index contributed by atoms with van der Waals surface area (Å²) in [5, 5.41) is 13.8. The lowest BCUT2D eigenvalue weighted by molar-refractivity contribution is 0.0482. The van der Waals surface area contributed by atoms with Crippen LogP contribution in [0, 0.1) is 5.92 Å². The van der Waals surface area contributed by atoms with Gasteiger partial charge in [-0.3, -0.25) is 9.48 Å². The molecule has 1 heterocycles. The number of hydrogen-bond donors (Lipinski definition) is 1. The van der Waals surface area contributed by atoms with Crippen LogP contribution in [0.5, 0.6) is 0 Å². The Hall–Kier alpha value is -2.14. The van der Waals surface area contributed by atoms with Crippen molar-refractivity contribution in [1.29, 1.82) is 0 Å². The normalized spacial score (nSPS) is 12.4. The number of amides is 1. The second-order valence-corrected chi connectivity index (χ2v) is 5.82. The fourth-order valence-electron chi connectivity index (χ4n) is 2.49. The average Bonchev–Trinajstić information content (AvgIpc) is 2.93. The van der Waals surface area contributed by atoms with E-state index < -0.39 is 0 Å². The second-order valence-electron chi connectivity index (χ2n) is 5.82. The lowest BCUT2D eigenvalue weighted by atomic mass is 10.0. The van der Waals surface area contributed by atoms with Crippen LogP contribution in [0.15, 0.2) is 42.7 Å². The smallest absolute Gasteiger partial charge is 0.257 e. The van der Waals surface area contributed by atoms with Crippen molar-refractivity contribution in [3.63, 3.8) is 0 Å². The first-order valence-electron chi connectivity index (χ1n) is 7.47. The highest BCUT2D eigenvalue weighted by atomic mass is 16.3. The van der Waals surface area contributed by atoms with Gasteiger partial charge in [0, 0.05) is 19.8 Å². The van der Waals surface area contributed by atoms with Gasteiger partial charge in [0.15, 0.2) is 0 Å². The van der Waals surface area contributed by atoms with Crippen molar-refractivity contribution in [2.24, 2.45) is 13.0 Å². The molecule has 0 saturated heterocycles. The Morgan fingerprint density at radius 2 is 2.00 bits per heavy atom. The van der Waals surface area contributed by atoms with Gasteiger partial charge in [0.25, 0.3) is 5.91 Å². The van der Waals surface area contributed by atoms with Crippen LogP contribution in [0.2, 0.25) is 0 Å². The summed E-state index contributed by atoms with van der Waals surface area (Å²) in [4.78, 5) is 14.6. The van der Waals surface area contributed by atoms with E-state index in [0.29, 0.717) is 12.1 Å². The molecule has 5 nitrogen and oxygen atoms in total. The predicted octanol–water partition coefficient (Wildman–Crippen LogP) is 2.08. The number of benzene rings is 1. The summed E-state index contributed by atoms with van der Waals surface area (Å²) in [5.41, 5.74) is 1.58. The largest absolute Gasteiger partial charge is 0.394 e. The minimum Gasteiger partial charge on any atom is -0.394 e.